The van der Waals surface area contributed by atoms with Gasteiger partial charge in [-0.05, 0) is 57.0 Å². The van der Waals surface area contributed by atoms with Crippen LogP contribution in [0.5, 0.6) is 5.75 Å². The molecule has 1 heterocycles. The summed E-state index contributed by atoms with van der Waals surface area (Å²) >= 11 is 0. The number of carbonyl (C=O) groups is 2. The molecule has 1 N–H and O–H groups in total. The van der Waals surface area contributed by atoms with Gasteiger partial charge in [-0.2, -0.15) is 0 Å². The Balaban J connectivity index is 1.82. The minimum absolute atomic E-state index is 0.0453. The maximum Gasteiger partial charge on any atom is 0.268 e. The van der Waals surface area contributed by atoms with E-state index in [9.17, 15) is 9.59 Å². The smallest absolute Gasteiger partial charge is 0.268 e. The van der Waals surface area contributed by atoms with Gasteiger partial charge in [-0.3, -0.25) is 14.5 Å². The fourth-order valence-electron chi connectivity index (χ4n) is 2.97. The Labute approximate surface area is 147 Å². The van der Waals surface area contributed by atoms with Crippen molar-refractivity contribution in [1.82, 2.24) is 0 Å². The summed E-state index contributed by atoms with van der Waals surface area (Å²) in [5.41, 5.74) is 4.53. The molecule has 1 unspecified atom stereocenters. The number of hydrogen-bond acceptors (Lipinski definition) is 3. The molecule has 0 saturated carbocycles. The first kappa shape index (κ1) is 17.0. The molecule has 0 radical (unpaired) electrons. The molecule has 2 amide bonds. The van der Waals surface area contributed by atoms with Crippen molar-refractivity contribution in [1.29, 1.82) is 0 Å². The molecule has 1 atom stereocenters. The maximum absolute atomic E-state index is 12.5. The minimum Gasteiger partial charge on any atom is -0.479 e. The van der Waals surface area contributed by atoms with Gasteiger partial charge in [-0.1, -0.05) is 23.8 Å². The lowest BCUT2D eigenvalue weighted by Crippen LogP contribution is -2.47. The number of fused-ring (bicyclic) bond motifs is 1. The average Bonchev–Trinajstić information content (AvgIpc) is 2.55. The molecule has 2 aromatic rings. The molecule has 0 spiro atoms. The number of hydrogen-bond donors (Lipinski definition) is 1. The zero-order valence-corrected chi connectivity index (χ0v) is 14.9. The second kappa shape index (κ2) is 6.59. The molecular weight excluding hydrogens is 316 g/mol. The summed E-state index contributed by atoms with van der Waals surface area (Å²) in [6.45, 7) is 7.54. The van der Waals surface area contributed by atoms with E-state index in [2.05, 4.69) is 5.32 Å². The summed E-state index contributed by atoms with van der Waals surface area (Å²) in [4.78, 5) is 26.5. The van der Waals surface area contributed by atoms with E-state index in [-0.39, 0.29) is 18.4 Å². The van der Waals surface area contributed by atoms with Crippen LogP contribution in [-0.4, -0.2) is 24.5 Å². The Kier molecular flexibility index (Phi) is 4.49. The van der Waals surface area contributed by atoms with Gasteiger partial charge in [0, 0.05) is 5.69 Å². The van der Waals surface area contributed by atoms with Gasteiger partial charge in [0.05, 0.1) is 5.69 Å². The van der Waals surface area contributed by atoms with Gasteiger partial charge in [0.1, 0.15) is 12.3 Å². The quantitative estimate of drug-likeness (QED) is 0.933. The maximum atomic E-state index is 12.5. The van der Waals surface area contributed by atoms with Crippen LogP contribution < -0.4 is 15.0 Å². The van der Waals surface area contributed by atoms with Gasteiger partial charge in [-0.25, -0.2) is 0 Å². The van der Waals surface area contributed by atoms with E-state index in [4.69, 9.17) is 4.74 Å². The number of ether oxygens (including phenoxy) is 1. The fraction of sp³-hybridized carbons (Fsp3) is 0.300. The molecule has 5 heteroatoms. The zero-order valence-electron chi connectivity index (χ0n) is 14.9. The topological polar surface area (TPSA) is 58.6 Å². The lowest BCUT2D eigenvalue weighted by Gasteiger charge is -2.32. The molecule has 130 valence electrons. The number of benzene rings is 2. The molecule has 0 saturated heterocycles. The molecule has 1 aliphatic heterocycles. The predicted octanol–water partition coefficient (Wildman–Crippen LogP) is 3.36. The minimum atomic E-state index is -0.607. The highest BCUT2D eigenvalue weighted by molar-refractivity contribution is 6.06. The Bertz CT molecular complexity index is 845. The van der Waals surface area contributed by atoms with Crippen molar-refractivity contribution in [3.05, 3.63) is 53.1 Å². The lowest BCUT2D eigenvalue weighted by molar-refractivity contribution is -0.127. The van der Waals surface area contributed by atoms with Crippen LogP contribution in [0.3, 0.4) is 0 Å². The van der Waals surface area contributed by atoms with Gasteiger partial charge in [0.15, 0.2) is 6.10 Å². The summed E-state index contributed by atoms with van der Waals surface area (Å²) in [5.74, 6) is 0.174. The van der Waals surface area contributed by atoms with Crippen molar-refractivity contribution in [3.63, 3.8) is 0 Å². The number of nitrogens with zero attached hydrogens (tertiary/aromatic N) is 1. The molecule has 0 aromatic heterocycles. The lowest BCUT2D eigenvalue weighted by atomic mass is 10.1. The van der Waals surface area contributed by atoms with E-state index in [1.165, 1.54) is 4.90 Å². The normalized spacial score (nSPS) is 16.2. The van der Waals surface area contributed by atoms with Crippen LogP contribution in [0.4, 0.5) is 11.4 Å². The molecule has 1 aliphatic rings. The van der Waals surface area contributed by atoms with E-state index in [1.807, 2.05) is 57.2 Å². The zero-order chi connectivity index (χ0) is 18.1. The van der Waals surface area contributed by atoms with E-state index < -0.39 is 6.10 Å². The SMILES string of the molecule is Cc1ccc(NC(=O)CN2C(=O)C(C)Oc3ccc(C)cc32)c(C)c1. The van der Waals surface area contributed by atoms with Gasteiger partial charge in [0.2, 0.25) is 5.91 Å². The van der Waals surface area contributed by atoms with Gasteiger partial charge < -0.3 is 10.1 Å². The van der Waals surface area contributed by atoms with Crippen LogP contribution in [0.2, 0.25) is 0 Å². The van der Waals surface area contributed by atoms with Gasteiger partial charge in [0.25, 0.3) is 5.91 Å². The Hall–Kier alpha value is -2.82. The third-order valence-electron chi connectivity index (χ3n) is 4.28. The number of rotatable bonds is 3. The fourth-order valence-corrected chi connectivity index (χ4v) is 2.97. The monoisotopic (exact) mass is 338 g/mol. The molecule has 0 bridgehead atoms. The second-order valence-corrected chi connectivity index (χ2v) is 6.52. The van der Waals surface area contributed by atoms with Crippen molar-refractivity contribution < 1.29 is 14.3 Å². The van der Waals surface area contributed by atoms with Crippen LogP contribution in [0, 0.1) is 20.8 Å². The standard InChI is InChI=1S/C20H22N2O3/c1-12-5-7-16(14(3)9-12)21-19(23)11-22-17-10-13(2)6-8-18(17)25-15(4)20(22)24/h5-10,15H,11H2,1-4H3,(H,21,23). The first-order chi connectivity index (χ1) is 11.8. The first-order valence-electron chi connectivity index (χ1n) is 8.31. The third-order valence-corrected chi connectivity index (χ3v) is 4.28. The Morgan fingerprint density at radius 2 is 1.80 bits per heavy atom. The molecule has 2 aromatic carbocycles. The second-order valence-electron chi connectivity index (χ2n) is 6.52. The van der Waals surface area contributed by atoms with E-state index in [1.54, 1.807) is 6.92 Å². The van der Waals surface area contributed by atoms with Crippen molar-refractivity contribution in [2.24, 2.45) is 0 Å². The van der Waals surface area contributed by atoms with Crippen molar-refractivity contribution >= 4 is 23.2 Å². The van der Waals surface area contributed by atoms with Crippen LogP contribution in [0.25, 0.3) is 0 Å². The Morgan fingerprint density at radius 3 is 2.52 bits per heavy atom. The van der Waals surface area contributed by atoms with Gasteiger partial charge >= 0.3 is 0 Å². The number of carbonyl (C=O) groups excluding carboxylic acids is 2. The van der Waals surface area contributed by atoms with Crippen LogP contribution in [0.1, 0.15) is 23.6 Å². The first-order valence-corrected chi connectivity index (χ1v) is 8.31. The molecule has 5 nitrogen and oxygen atoms in total. The Morgan fingerprint density at radius 1 is 1.12 bits per heavy atom. The number of amides is 2. The summed E-state index contributed by atoms with van der Waals surface area (Å²) in [6, 6.07) is 11.5. The summed E-state index contributed by atoms with van der Waals surface area (Å²) in [7, 11) is 0. The van der Waals surface area contributed by atoms with E-state index >= 15 is 0 Å². The van der Waals surface area contributed by atoms with E-state index in [0.29, 0.717) is 11.4 Å². The average molecular weight is 338 g/mol. The molecule has 0 fully saturated rings. The summed E-state index contributed by atoms with van der Waals surface area (Å²) in [5, 5.41) is 2.89. The largest absolute Gasteiger partial charge is 0.479 e. The molecule has 0 aliphatic carbocycles. The number of aryl methyl sites for hydroxylation is 3. The highest BCUT2D eigenvalue weighted by Crippen LogP contribution is 2.34. The summed E-state index contributed by atoms with van der Waals surface area (Å²) < 4.78 is 5.64. The van der Waals surface area contributed by atoms with E-state index in [0.717, 1.165) is 22.4 Å². The predicted molar refractivity (Wildman–Crippen MR) is 98.2 cm³/mol. The van der Waals surface area contributed by atoms with Crippen molar-refractivity contribution in [2.45, 2.75) is 33.8 Å². The van der Waals surface area contributed by atoms with Gasteiger partial charge in [-0.15, -0.1) is 0 Å². The number of nitrogens with one attached hydrogen (secondary N) is 1. The molecular formula is C20H22N2O3. The van der Waals surface area contributed by atoms with Crippen molar-refractivity contribution in [3.8, 4) is 5.75 Å². The summed E-state index contributed by atoms with van der Waals surface area (Å²) in [6.07, 6.45) is -0.607. The van der Waals surface area contributed by atoms with Crippen LogP contribution in [-0.2, 0) is 9.59 Å². The number of anilines is 2. The van der Waals surface area contributed by atoms with Crippen LogP contribution >= 0.6 is 0 Å². The highest BCUT2D eigenvalue weighted by atomic mass is 16.5. The third kappa shape index (κ3) is 3.50. The molecule has 25 heavy (non-hydrogen) atoms. The van der Waals surface area contributed by atoms with Crippen LogP contribution in [0.15, 0.2) is 36.4 Å². The van der Waals surface area contributed by atoms with Crippen molar-refractivity contribution in [2.75, 3.05) is 16.8 Å². The molecule has 3 rings (SSSR count). The highest BCUT2D eigenvalue weighted by Gasteiger charge is 2.32.